The number of aromatic nitrogens is 2. The Labute approximate surface area is 216 Å². The van der Waals surface area contributed by atoms with Gasteiger partial charge in [-0.15, -0.1) is 0 Å². The third-order valence-electron chi connectivity index (χ3n) is 8.59. The van der Waals surface area contributed by atoms with Crippen LogP contribution in [0.3, 0.4) is 0 Å². The number of hydrogen-bond acceptors (Lipinski definition) is 5. The highest BCUT2D eigenvalue weighted by atomic mass is 19.1. The average Bonchev–Trinajstić information content (AvgIpc) is 3.46. The molecule has 0 saturated heterocycles. The maximum Gasteiger partial charge on any atom is 0.223 e. The van der Waals surface area contributed by atoms with E-state index in [1.54, 1.807) is 6.20 Å². The normalized spacial score (nSPS) is 28.8. The highest BCUT2D eigenvalue weighted by molar-refractivity contribution is 6.07. The van der Waals surface area contributed by atoms with Gasteiger partial charge in [0.25, 0.3) is 0 Å². The minimum absolute atomic E-state index is 0.0678. The van der Waals surface area contributed by atoms with Gasteiger partial charge in [0, 0.05) is 18.2 Å². The molecule has 3 aliphatic rings. The SMILES string of the molecule is CCC1CCC(Nc2ncc3c(n2)C([C@@H]2CC[C@H](C(C)(C)O)C2)C(=Nc2c(F)cc(F)cc2F)N3)CC1. The lowest BCUT2D eigenvalue weighted by Crippen LogP contribution is -2.29. The first-order chi connectivity index (χ1) is 17.6. The van der Waals surface area contributed by atoms with Crippen molar-refractivity contribution in [2.24, 2.45) is 22.7 Å². The molecule has 1 aromatic heterocycles. The summed E-state index contributed by atoms with van der Waals surface area (Å²) in [5.41, 5.74) is 0.0328. The molecule has 1 aromatic carbocycles. The second-order valence-corrected chi connectivity index (χ2v) is 11.5. The van der Waals surface area contributed by atoms with Crippen molar-refractivity contribution in [3.63, 3.8) is 0 Å². The number of halogens is 3. The third-order valence-corrected chi connectivity index (χ3v) is 8.59. The fourth-order valence-corrected chi connectivity index (χ4v) is 6.31. The zero-order chi connectivity index (χ0) is 26.3. The van der Waals surface area contributed by atoms with E-state index in [2.05, 4.69) is 27.5 Å². The molecule has 2 heterocycles. The fraction of sp³-hybridized carbons (Fsp3) is 0.607. The summed E-state index contributed by atoms with van der Waals surface area (Å²) in [6.07, 6.45) is 9.82. The third kappa shape index (κ3) is 5.47. The van der Waals surface area contributed by atoms with Crippen molar-refractivity contribution in [1.82, 2.24) is 9.97 Å². The van der Waals surface area contributed by atoms with Crippen LogP contribution in [-0.4, -0.2) is 32.6 Å². The topological polar surface area (TPSA) is 82.4 Å². The lowest BCUT2D eigenvalue weighted by Gasteiger charge is -2.28. The summed E-state index contributed by atoms with van der Waals surface area (Å²) >= 11 is 0. The quantitative estimate of drug-likeness (QED) is 0.399. The van der Waals surface area contributed by atoms with E-state index in [-0.39, 0.29) is 17.8 Å². The molecular weight excluding hydrogens is 479 g/mol. The Morgan fingerprint density at radius 3 is 2.41 bits per heavy atom. The number of fused-ring (bicyclic) bond motifs is 1. The van der Waals surface area contributed by atoms with Gasteiger partial charge in [0.15, 0.2) is 11.6 Å². The maximum absolute atomic E-state index is 14.5. The van der Waals surface area contributed by atoms with Gasteiger partial charge in [-0.1, -0.05) is 13.3 Å². The number of rotatable bonds is 6. The van der Waals surface area contributed by atoms with Crippen LogP contribution in [0.1, 0.15) is 83.7 Å². The molecule has 2 fully saturated rings. The highest BCUT2D eigenvalue weighted by Crippen LogP contribution is 2.48. The molecule has 3 N–H and O–H groups in total. The van der Waals surface area contributed by atoms with Gasteiger partial charge in [-0.2, -0.15) is 0 Å². The van der Waals surface area contributed by atoms with E-state index >= 15 is 0 Å². The minimum atomic E-state index is -1.06. The molecule has 3 atom stereocenters. The molecular formula is C28H36F3N5O. The van der Waals surface area contributed by atoms with Crippen LogP contribution in [0.15, 0.2) is 23.3 Å². The monoisotopic (exact) mass is 515 g/mol. The predicted molar refractivity (Wildman–Crippen MR) is 139 cm³/mol. The first-order valence-electron chi connectivity index (χ1n) is 13.5. The second-order valence-electron chi connectivity index (χ2n) is 11.5. The Morgan fingerprint density at radius 1 is 1.08 bits per heavy atom. The van der Waals surface area contributed by atoms with E-state index in [0.29, 0.717) is 35.6 Å². The van der Waals surface area contributed by atoms with Crippen LogP contribution in [0.25, 0.3) is 0 Å². The van der Waals surface area contributed by atoms with Crippen molar-refractivity contribution < 1.29 is 18.3 Å². The molecule has 0 spiro atoms. The molecule has 1 unspecified atom stereocenters. The smallest absolute Gasteiger partial charge is 0.223 e. The van der Waals surface area contributed by atoms with Gasteiger partial charge in [-0.25, -0.2) is 28.1 Å². The standard InChI is InChI=1S/C28H36F3N5O/c1-4-15-5-9-19(10-6-15)33-27-32-14-22-25(36-27)23(16-7-8-17(11-16)28(2,3)37)26(34-22)35-24-20(30)12-18(29)13-21(24)31/h12-17,19,23,37H,4-11H2,1-3H3,(H,34,35)(H,32,33,36)/t15?,16-,17+,19?,23?/m1/s1. The summed E-state index contributed by atoms with van der Waals surface area (Å²) < 4.78 is 42.5. The predicted octanol–water partition coefficient (Wildman–Crippen LogP) is 6.70. The molecule has 37 heavy (non-hydrogen) atoms. The number of anilines is 2. The summed E-state index contributed by atoms with van der Waals surface area (Å²) in [6, 6.07) is 1.58. The van der Waals surface area contributed by atoms with E-state index in [4.69, 9.17) is 4.98 Å². The summed E-state index contributed by atoms with van der Waals surface area (Å²) in [6.45, 7) is 5.87. The first-order valence-corrected chi connectivity index (χ1v) is 13.5. The number of amidine groups is 1. The van der Waals surface area contributed by atoms with Crippen molar-refractivity contribution in [2.45, 2.75) is 89.7 Å². The van der Waals surface area contributed by atoms with Crippen LogP contribution >= 0.6 is 0 Å². The maximum atomic E-state index is 14.5. The molecule has 5 rings (SSSR count). The second kappa shape index (κ2) is 10.2. The van der Waals surface area contributed by atoms with Gasteiger partial charge in [-0.05, 0) is 76.5 Å². The van der Waals surface area contributed by atoms with Crippen LogP contribution in [-0.2, 0) is 0 Å². The Bertz CT molecular complexity index is 1150. The van der Waals surface area contributed by atoms with Gasteiger partial charge in [0.1, 0.15) is 17.3 Å². The Kier molecular flexibility index (Phi) is 7.18. The van der Waals surface area contributed by atoms with Crippen LogP contribution in [0, 0.1) is 35.2 Å². The van der Waals surface area contributed by atoms with Crippen LogP contribution in [0.5, 0.6) is 0 Å². The molecule has 2 aliphatic carbocycles. The lowest BCUT2D eigenvalue weighted by atomic mass is 9.84. The molecule has 6 nitrogen and oxygen atoms in total. The number of benzene rings is 1. The van der Waals surface area contributed by atoms with Crippen molar-refractivity contribution in [1.29, 1.82) is 0 Å². The van der Waals surface area contributed by atoms with E-state index in [1.165, 1.54) is 19.3 Å². The van der Waals surface area contributed by atoms with Gasteiger partial charge in [0.05, 0.1) is 29.1 Å². The number of nitrogens with one attached hydrogen (secondary N) is 2. The average molecular weight is 516 g/mol. The number of nitrogens with zero attached hydrogens (tertiary/aromatic N) is 3. The number of aliphatic hydroxyl groups is 1. The van der Waals surface area contributed by atoms with E-state index < -0.39 is 28.7 Å². The van der Waals surface area contributed by atoms with Gasteiger partial charge in [0.2, 0.25) is 5.95 Å². The Hall–Kier alpha value is -2.68. The fourth-order valence-electron chi connectivity index (χ4n) is 6.31. The molecule has 2 saturated carbocycles. The van der Waals surface area contributed by atoms with Crippen molar-refractivity contribution in [3.8, 4) is 0 Å². The first kappa shape index (κ1) is 25.9. The molecule has 9 heteroatoms. The molecule has 0 radical (unpaired) electrons. The molecule has 2 aromatic rings. The van der Waals surface area contributed by atoms with Crippen molar-refractivity contribution >= 4 is 23.2 Å². The van der Waals surface area contributed by atoms with Crippen molar-refractivity contribution in [2.75, 3.05) is 10.6 Å². The Morgan fingerprint density at radius 2 is 1.78 bits per heavy atom. The molecule has 1 aliphatic heterocycles. The van der Waals surface area contributed by atoms with Crippen LogP contribution < -0.4 is 10.6 Å². The van der Waals surface area contributed by atoms with E-state index in [1.807, 2.05) is 13.8 Å². The summed E-state index contributed by atoms with van der Waals surface area (Å²) in [4.78, 5) is 13.7. The molecule has 0 bridgehead atoms. The zero-order valence-corrected chi connectivity index (χ0v) is 21.7. The van der Waals surface area contributed by atoms with E-state index in [0.717, 1.165) is 43.7 Å². The van der Waals surface area contributed by atoms with Crippen LogP contribution in [0.2, 0.25) is 0 Å². The lowest BCUT2D eigenvalue weighted by molar-refractivity contribution is 0.0181. The summed E-state index contributed by atoms with van der Waals surface area (Å²) in [7, 11) is 0. The zero-order valence-electron chi connectivity index (χ0n) is 21.7. The highest BCUT2D eigenvalue weighted by Gasteiger charge is 2.44. The largest absolute Gasteiger partial charge is 0.390 e. The summed E-state index contributed by atoms with van der Waals surface area (Å²) in [5, 5.41) is 17.3. The Balaban J connectivity index is 1.46. The van der Waals surface area contributed by atoms with E-state index in [9.17, 15) is 18.3 Å². The number of hydrogen-bond donors (Lipinski definition) is 3. The summed E-state index contributed by atoms with van der Waals surface area (Å²) in [5.74, 6) is -1.59. The van der Waals surface area contributed by atoms with Crippen LogP contribution in [0.4, 0.5) is 30.5 Å². The van der Waals surface area contributed by atoms with Gasteiger partial charge < -0.3 is 15.7 Å². The van der Waals surface area contributed by atoms with Gasteiger partial charge >= 0.3 is 0 Å². The number of aliphatic imine (C=N–C) groups is 1. The van der Waals surface area contributed by atoms with Gasteiger partial charge in [-0.3, -0.25) is 0 Å². The molecule has 0 amide bonds. The minimum Gasteiger partial charge on any atom is -0.390 e. The molecule has 200 valence electrons. The van der Waals surface area contributed by atoms with Crippen molar-refractivity contribution in [3.05, 3.63) is 41.5 Å².